The number of ether oxygens (including phenoxy) is 1. The van der Waals surface area contributed by atoms with Crippen molar-refractivity contribution in [2.24, 2.45) is 4.99 Å². The lowest BCUT2D eigenvalue weighted by Crippen LogP contribution is -2.37. The van der Waals surface area contributed by atoms with Gasteiger partial charge in [-0.1, -0.05) is 24.3 Å². The van der Waals surface area contributed by atoms with Crippen LogP contribution in [0, 0.1) is 11.6 Å². The van der Waals surface area contributed by atoms with E-state index in [4.69, 9.17) is 4.74 Å². The van der Waals surface area contributed by atoms with Gasteiger partial charge in [0.1, 0.15) is 11.6 Å². The zero-order chi connectivity index (χ0) is 19.1. The van der Waals surface area contributed by atoms with Crippen molar-refractivity contribution in [2.45, 2.75) is 13.1 Å². The van der Waals surface area contributed by atoms with Gasteiger partial charge >= 0.3 is 0 Å². The lowest BCUT2D eigenvalue weighted by molar-refractivity contribution is 0.122. The zero-order valence-corrected chi connectivity index (χ0v) is 15.3. The van der Waals surface area contributed by atoms with Crippen molar-refractivity contribution in [1.29, 1.82) is 0 Å². The zero-order valence-electron chi connectivity index (χ0n) is 15.3. The van der Waals surface area contributed by atoms with Gasteiger partial charge in [0.15, 0.2) is 5.96 Å². The molecule has 27 heavy (non-hydrogen) atoms. The Hall–Kier alpha value is -2.67. The largest absolute Gasteiger partial charge is 0.378 e. The molecule has 2 aromatic carbocycles. The fraction of sp³-hybridized carbons (Fsp3) is 0.350. The highest BCUT2D eigenvalue weighted by atomic mass is 19.1. The predicted molar refractivity (Wildman–Crippen MR) is 103 cm³/mol. The maximum atomic E-state index is 14.5. The quantitative estimate of drug-likeness (QED) is 0.624. The number of nitrogens with one attached hydrogen (secondary N) is 2. The smallest absolute Gasteiger partial charge is 0.191 e. The van der Waals surface area contributed by atoms with E-state index in [1.165, 1.54) is 12.1 Å². The van der Waals surface area contributed by atoms with Crippen LogP contribution in [0.5, 0.6) is 0 Å². The first-order valence-corrected chi connectivity index (χ1v) is 8.96. The van der Waals surface area contributed by atoms with Crippen LogP contribution in [0.3, 0.4) is 0 Å². The van der Waals surface area contributed by atoms with Crippen LogP contribution < -0.4 is 15.5 Å². The fourth-order valence-electron chi connectivity index (χ4n) is 2.95. The molecule has 3 rings (SSSR count). The first-order valence-electron chi connectivity index (χ1n) is 8.96. The highest BCUT2D eigenvalue weighted by Crippen LogP contribution is 2.21. The van der Waals surface area contributed by atoms with Gasteiger partial charge in [-0.15, -0.1) is 0 Å². The molecule has 2 aromatic rings. The summed E-state index contributed by atoms with van der Waals surface area (Å²) in [5.74, 6) is 0.0163. The summed E-state index contributed by atoms with van der Waals surface area (Å²) in [6.07, 6.45) is 0. The molecule has 7 heteroatoms. The maximum absolute atomic E-state index is 14.5. The number of guanidine groups is 1. The molecule has 1 fully saturated rings. The van der Waals surface area contributed by atoms with Crippen LogP contribution in [0.15, 0.2) is 47.5 Å². The van der Waals surface area contributed by atoms with E-state index in [-0.39, 0.29) is 11.6 Å². The fourth-order valence-corrected chi connectivity index (χ4v) is 2.95. The third-order valence-electron chi connectivity index (χ3n) is 4.45. The van der Waals surface area contributed by atoms with Crippen molar-refractivity contribution < 1.29 is 13.5 Å². The predicted octanol–water partition coefficient (Wildman–Crippen LogP) is 2.67. The average Bonchev–Trinajstić information content (AvgIpc) is 2.70. The molecule has 0 bridgehead atoms. The third-order valence-corrected chi connectivity index (χ3v) is 4.45. The van der Waals surface area contributed by atoms with E-state index in [1.54, 1.807) is 31.3 Å². The van der Waals surface area contributed by atoms with Crippen LogP contribution in [-0.2, 0) is 17.8 Å². The first-order chi connectivity index (χ1) is 13.2. The number of benzene rings is 2. The van der Waals surface area contributed by atoms with Gasteiger partial charge in [-0.3, -0.25) is 4.99 Å². The van der Waals surface area contributed by atoms with E-state index in [1.807, 2.05) is 11.0 Å². The van der Waals surface area contributed by atoms with E-state index >= 15 is 0 Å². The van der Waals surface area contributed by atoms with Crippen molar-refractivity contribution in [3.05, 3.63) is 65.2 Å². The summed E-state index contributed by atoms with van der Waals surface area (Å²) in [7, 11) is 1.64. The molecular formula is C20H24F2N4O. The molecule has 5 nitrogen and oxygen atoms in total. The Balaban J connectivity index is 1.55. The SMILES string of the molecule is CN=C(NCc1ccc(N2CCOCC2)c(F)c1)NCc1ccccc1F. The summed E-state index contributed by atoms with van der Waals surface area (Å²) in [5.41, 5.74) is 1.96. The van der Waals surface area contributed by atoms with E-state index in [9.17, 15) is 8.78 Å². The monoisotopic (exact) mass is 374 g/mol. The summed E-state index contributed by atoms with van der Waals surface area (Å²) in [5, 5.41) is 6.18. The Kier molecular flexibility index (Phi) is 6.59. The molecule has 144 valence electrons. The molecule has 1 aliphatic rings. The number of hydrogen-bond donors (Lipinski definition) is 2. The minimum absolute atomic E-state index is 0.245. The molecule has 1 aliphatic heterocycles. The van der Waals surface area contributed by atoms with Crippen molar-refractivity contribution in [3.8, 4) is 0 Å². The van der Waals surface area contributed by atoms with Crippen molar-refractivity contribution in [1.82, 2.24) is 10.6 Å². The van der Waals surface area contributed by atoms with E-state index < -0.39 is 0 Å². The molecule has 1 heterocycles. The second-order valence-corrected chi connectivity index (χ2v) is 6.26. The van der Waals surface area contributed by atoms with Crippen LogP contribution in [0.2, 0.25) is 0 Å². The first kappa shape index (κ1) is 19.1. The number of morpholine rings is 1. The van der Waals surface area contributed by atoms with Crippen molar-refractivity contribution >= 4 is 11.6 Å². The van der Waals surface area contributed by atoms with E-state index in [0.717, 1.165) is 5.56 Å². The number of anilines is 1. The number of rotatable bonds is 5. The third kappa shape index (κ3) is 5.17. The molecule has 0 amide bonds. The van der Waals surface area contributed by atoms with Crippen LogP contribution in [-0.4, -0.2) is 39.3 Å². The average molecular weight is 374 g/mol. The van der Waals surface area contributed by atoms with Crippen molar-refractivity contribution in [3.63, 3.8) is 0 Å². The minimum Gasteiger partial charge on any atom is -0.378 e. The van der Waals surface area contributed by atoms with Gasteiger partial charge in [0.05, 0.1) is 18.9 Å². The van der Waals surface area contributed by atoms with Gasteiger partial charge in [-0.25, -0.2) is 8.78 Å². The highest BCUT2D eigenvalue weighted by molar-refractivity contribution is 5.79. The van der Waals surface area contributed by atoms with E-state index in [2.05, 4.69) is 15.6 Å². The second-order valence-electron chi connectivity index (χ2n) is 6.26. The summed E-state index contributed by atoms with van der Waals surface area (Å²) in [4.78, 5) is 6.11. The minimum atomic E-state index is -0.263. The molecule has 0 aliphatic carbocycles. The molecule has 0 atom stereocenters. The summed E-state index contributed by atoms with van der Waals surface area (Å²) < 4.78 is 33.4. The van der Waals surface area contributed by atoms with Gasteiger partial charge in [0, 0.05) is 38.8 Å². The Morgan fingerprint density at radius 3 is 2.48 bits per heavy atom. The molecule has 0 aromatic heterocycles. The molecule has 1 saturated heterocycles. The summed E-state index contributed by atoms with van der Waals surface area (Å²) >= 11 is 0. The van der Waals surface area contributed by atoms with Gasteiger partial charge in [0.2, 0.25) is 0 Å². The Labute approximate surface area is 158 Å². The molecule has 0 spiro atoms. The molecule has 0 radical (unpaired) electrons. The number of hydrogen-bond acceptors (Lipinski definition) is 3. The van der Waals surface area contributed by atoms with Crippen LogP contribution in [0.1, 0.15) is 11.1 Å². The molecule has 0 unspecified atom stereocenters. The summed E-state index contributed by atoms with van der Waals surface area (Å²) in [6, 6.07) is 11.8. The molecule has 2 N–H and O–H groups in total. The van der Waals surface area contributed by atoms with Gasteiger partial charge in [0.25, 0.3) is 0 Å². The Morgan fingerprint density at radius 1 is 1.04 bits per heavy atom. The lowest BCUT2D eigenvalue weighted by atomic mass is 10.1. The normalized spacial score (nSPS) is 14.9. The number of aliphatic imine (C=N–C) groups is 1. The van der Waals surface area contributed by atoms with Crippen LogP contribution in [0.4, 0.5) is 14.5 Å². The second kappa shape index (κ2) is 9.32. The highest BCUT2D eigenvalue weighted by Gasteiger charge is 2.15. The molecule has 0 saturated carbocycles. The van der Waals surface area contributed by atoms with Gasteiger partial charge in [-0.05, 0) is 23.8 Å². The Morgan fingerprint density at radius 2 is 1.78 bits per heavy atom. The standard InChI is InChI=1S/C20H24F2N4O/c1-23-20(25-14-16-4-2-3-5-17(16)21)24-13-15-6-7-19(18(22)12-15)26-8-10-27-11-9-26/h2-7,12H,8-11,13-14H2,1H3,(H2,23,24,25). The van der Waals surface area contributed by atoms with Crippen LogP contribution in [0.25, 0.3) is 0 Å². The van der Waals surface area contributed by atoms with E-state index in [0.29, 0.717) is 56.6 Å². The van der Waals surface area contributed by atoms with Crippen LogP contribution >= 0.6 is 0 Å². The number of nitrogens with zero attached hydrogens (tertiary/aromatic N) is 2. The van der Waals surface area contributed by atoms with Crippen molar-refractivity contribution in [2.75, 3.05) is 38.3 Å². The molecular weight excluding hydrogens is 350 g/mol. The van der Waals surface area contributed by atoms with Gasteiger partial charge < -0.3 is 20.3 Å². The summed E-state index contributed by atoms with van der Waals surface area (Å²) in [6.45, 7) is 3.36. The lowest BCUT2D eigenvalue weighted by Gasteiger charge is -2.29. The maximum Gasteiger partial charge on any atom is 0.191 e. The number of halogens is 2. The Bertz CT molecular complexity index is 791. The van der Waals surface area contributed by atoms with Gasteiger partial charge in [-0.2, -0.15) is 0 Å². The topological polar surface area (TPSA) is 48.9 Å².